The van der Waals surface area contributed by atoms with Crippen LogP contribution in [-0.4, -0.2) is 33.4 Å². The van der Waals surface area contributed by atoms with Gasteiger partial charge >= 0.3 is 0 Å². The van der Waals surface area contributed by atoms with E-state index < -0.39 is 5.91 Å². The number of hydrogen-bond donors (Lipinski definition) is 2. The smallest absolute Gasteiger partial charge is 0.278 e. The lowest BCUT2D eigenvalue weighted by Crippen LogP contribution is -2.20. The minimum Gasteiger partial charge on any atom is -0.484 e. The number of carbonyl (C=O) groups excluding carboxylic acids is 2. The van der Waals surface area contributed by atoms with Crippen molar-refractivity contribution in [3.8, 4) is 11.4 Å². The van der Waals surface area contributed by atoms with Crippen molar-refractivity contribution < 1.29 is 14.3 Å². The average Bonchev–Trinajstić information content (AvgIpc) is 3.04. The number of rotatable bonds is 6. The number of para-hydroxylation sites is 1. The number of nitrogens with one attached hydrogen (secondary N) is 1. The molecule has 8 nitrogen and oxygen atoms in total. The Morgan fingerprint density at radius 2 is 1.77 bits per heavy atom. The highest BCUT2D eigenvalue weighted by Gasteiger charge is 2.16. The number of aromatic nitrogens is 3. The van der Waals surface area contributed by atoms with E-state index >= 15 is 0 Å². The van der Waals surface area contributed by atoms with Crippen LogP contribution in [-0.2, 0) is 4.79 Å². The predicted octanol–water partition coefficient (Wildman–Crippen LogP) is 1.69. The van der Waals surface area contributed by atoms with Crippen LogP contribution in [0.25, 0.3) is 5.69 Å². The zero-order valence-corrected chi connectivity index (χ0v) is 14.0. The minimum atomic E-state index is -0.556. The number of benzene rings is 2. The van der Waals surface area contributed by atoms with Crippen LogP contribution >= 0.6 is 0 Å². The molecule has 0 spiro atoms. The van der Waals surface area contributed by atoms with Crippen molar-refractivity contribution in [1.29, 1.82) is 0 Å². The van der Waals surface area contributed by atoms with Crippen LogP contribution in [0.5, 0.6) is 5.75 Å². The summed E-state index contributed by atoms with van der Waals surface area (Å²) >= 11 is 0. The zero-order chi connectivity index (χ0) is 18.5. The fourth-order valence-corrected chi connectivity index (χ4v) is 2.24. The number of aryl methyl sites for hydroxylation is 1. The molecule has 0 radical (unpaired) electrons. The lowest BCUT2D eigenvalue weighted by molar-refractivity contribution is -0.119. The second kappa shape index (κ2) is 7.47. The maximum atomic E-state index is 12.5. The predicted molar refractivity (Wildman–Crippen MR) is 95.2 cm³/mol. The summed E-state index contributed by atoms with van der Waals surface area (Å²) in [6, 6.07) is 15.9. The van der Waals surface area contributed by atoms with Gasteiger partial charge < -0.3 is 15.8 Å². The second-order valence-electron chi connectivity index (χ2n) is 5.49. The molecular weight excluding hydrogens is 334 g/mol. The Morgan fingerprint density at radius 1 is 1.08 bits per heavy atom. The molecule has 0 aliphatic rings. The van der Waals surface area contributed by atoms with Gasteiger partial charge in [-0.3, -0.25) is 9.59 Å². The van der Waals surface area contributed by atoms with Crippen LogP contribution in [0.2, 0.25) is 0 Å². The minimum absolute atomic E-state index is 0.201. The summed E-state index contributed by atoms with van der Waals surface area (Å²) in [5.74, 6) is -0.442. The summed E-state index contributed by atoms with van der Waals surface area (Å²) in [6.45, 7) is 1.52. The van der Waals surface area contributed by atoms with E-state index in [1.165, 1.54) is 4.80 Å². The van der Waals surface area contributed by atoms with E-state index in [0.29, 0.717) is 17.1 Å². The number of anilines is 1. The van der Waals surface area contributed by atoms with Gasteiger partial charge in [0.15, 0.2) is 12.3 Å². The summed E-state index contributed by atoms with van der Waals surface area (Å²) in [6.07, 6.45) is 0. The third kappa shape index (κ3) is 4.04. The molecule has 3 rings (SSSR count). The van der Waals surface area contributed by atoms with E-state index in [-0.39, 0.29) is 18.2 Å². The lowest BCUT2D eigenvalue weighted by Gasteiger charge is -2.06. The molecule has 8 heteroatoms. The van der Waals surface area contributed by atoms with Crippen molar-refractivity contribution in [1.82, 2.24) is 15.0 Å². The van der Waals surface area contributed by atoms with E-state index in [4.69, 9.17) is 10.5 Å². The Kier molecular flexibility index (Phi) is 4.93. The Hall–Kier alpha value is -3.68. The standard InChI is InChI=1S/C18H17N5O3/c1-12-17(22-23(21-12)14-5-3-2-4-6-14)18(25)20-13-7-9-15(10-8-13)26-11-16(19)24/h2-10H,11H2,1H3,(H2,19,24)(H,20,25). The normalized spacial score (nSPS) is 10.3. The van der Waals surface area contributed by atoms with Crippen LogP contribution in [0.15, 0.2) is 54.6 Å². The summed E-state index contributed by atoms with van der Waals surface area (Å²) in [7, 11) is 0. The molecule has 26 heavy (non-hydrogen) atoms. The highest BCUT2D eigenvalue weighted by Crippen LogP contribution is 2.17. The van der Waals surface area contributed by atoms with E-state index in [0.717, 1.165) is 5.69 Å². The first kappa shape index (κ1) is 17.2. The number of nitrogens with two attached hydrogens (primary N) is 1. The molecule has 2 aromatic carbocycles. The molecule has 0 fully saturated rings. The first-order valence-corrected chi connectivity index (χ1v) is 7.85. The van der Waals surface area contributed by atoms with Gasteiger partial charge in [0.2, 0.25) is 0 Å². The maximum Gasteiger partial charge on any atom is 0.278 e. The number of hydrogen-bond acceptors (Lipinski definition) is 5. The Morgan fingerprint density at radius 3 is 2.42 bits per heavy atom. The Balaban J connectivity index is 1.70. The average molecular weight is 351 g/mol. The number of primary amides is 1. The number of ether oxygens (including phenoxy) is 1. The molecule has 1 heterocycles. The third-order valence-electron chi connectivity index (χ3n) is 3.48. The van der Waals surface area contributed by atoms with E-state index in [1.54, 1.807) is 31.2 Å². The summed E-state index contributed by atoms with van der Waals surface area (Å²) in [5.41, 5.74) is 7.12. The molecule has 0 unspecified atom stereocenters. The quantitative estimate of drug-likeness (QED) is 0.702. The molecular formula is C18H17N5O3. The van der Waals surface area contributed by atoms with E-state index in [9.17, 15) is 9.59 Å². The molecule has 3 aromatic rings. The molecule has 132 valence electrons. The topological polar surface area (TPSA) is 112 Å². The molecule has 0 saturated heterocycles. The van der Waals surface area contributed by atoms with Gasteiger partial charge in [-0.2, -0.15) is 9.90 Å². The first-order valence-electron chi connectivity index (χ1n) is 7.85. The largest absolute Gasteiger partial charge is 0.484 e. The van der Waals surface area contributed by atoms with Gasteiger partial charge in [0, 0.05) is 5.69 Å². The van der Waals surface area contributed by atoms with E-state index in [2.05, 4.69) is 15.5 Å². The van der Waals surface area contributed by atoms with Gasteiger partial charge in [0.25, 0.3) is 11.8 Å². The maximum absolute atomic E-state index is 12.5. The van der Waals surface area contributed by atoms with Crippen molar-refractivity contribution >= 4 is 17.5 Å². The number of carbonyl (C=O) groups is 2. The highest BCUT2D eigenvalue weighted by atomic mass is 16.5. The van der Waals surface area contributed by atoms with Crippen molar-refractivity contribution in [3.63, 3.8) is 0 Å². The van der Waals surface area contributed by atoms with Crippen molar-refractivity contribution in [3.05, 3.63) is 66.0 Å². The summed E-state index contributed by atoms with van der Waals surface area (Å²) < 4.78 is 5.17. The second-order valence-corrected chi connectivity index (χ2v) is 5.49. The molecule has 0 aliphatic heterocycles. The number of nitrogens with zero attached hydrogens (tertiary/aromatic N) is 3. The van der Waals surface area contributed by atoms with Gasteiger partial charge in [-0.1, -0.05) is 18.2 Å². The van der Waals surface area contributed by atoms with Crippen LogP contribution in [0, 0.1) is 6.92 Å². The molecule has 1 aromatic heterocycles. The molecule has 3 N–H and O–H groups in total. The van der Waals surface area contributed by atoms with Crippen molar-refractivity contribution in [2.24, 2.45) is 5.73 Å². The van der Waals surface area contributed by atoms with Crippen molar-refractivity contribution in [2.45, 2.75) is 6.92 Å². The van der Waals surface area contributed by atoms with Crippen LogP contribution in [0.1, 0.15) is 16.2 Å². The highest BCUT2D eigenvalue weighted by molar-refractivity contribution is 6.03. The number of amides is 2. The fraction of sp³-hybridized carbons (Fsp3) is 0.111. The van der Waals surface area contributed by atoms with Gasteiger partial charge in [0.1, 0.15) is 5.75 Å². The molecule has 2 amide bonds. The fourth-order valence-electron chi connectivity index (χ4n) is 2.24. The third-order valence-corrected chi connectivity index (χ3v) is 3.48. The lowest BCUT2D eigenvalue weighted by atomic mass is 10.2. The zero-order valence-electron chi connectivity index (χ0n) is 14.0. The van der Waals surface area contributed by atoms with Crippen LogP contribution in [0.3, 0.4) is 0 Å². The Labute approximate surface area is 149 Å². The van der Waals surface area contributed by atoms with E-state index in [1.807, 2.05) is 30.3 Å². The molecule has 0 saturated carbocycles. The van der Waals surface area contributed by atoms with Gasteiger partial charge in [-0.15, -0.1) is 5.10 Å². The molecule has 0 atom stereocenters. The summed E-state index contributed by atoms with van der Waals surface area (Å²) in [4.78, 5) is 24.6. The SMILES string of the molecule is Cc1nn(-c2ccccc2)nc1C(=O)Nc1ccc(OCC(N)=O)cc1. The van der Waals surface area contributed by atoms with Gasteiger partial charge in [-0.05, 0) is 43.3 Å². The molecule has 0 aliphatic carbocycles. The monoisotopic (exact) mass is 351 g/mol. The van der Waals surface area contributed by atoms with Crippen molar-refractivity contribution in [2.75, 3.05) is 11.9 Å². The first-order chi connectivity index (χ1) is 12.5. The molecule has 0 bridgehead atoms. The Bertz CT molecular complexity index is 920. The van der Waals surface area contributed by atoms with Crippen LogP contribution in [0.4, 0.5) is 5.69 Å². The summed E-state index contributed by atoms with van der Waals surface area (Å²) in [5, 5.41) is 11.3. The van der Waals surface area contributed by atoms with Gasteiger partial charge in [-0.25, -0.2) is 0 Å². The van der Waals surface area contributed by atoms with Gasteiger partial charge in [0.05, 0.1) is 11.4 Å². The van der Waals surface area contributed by atoms with Crippen LogP contribution < -0.4 is 15.8 Å².